The number of rotatable bonds is 7. The van der Waals surface area contributed by atoms with Gasteiger partial charge in [-0.25, -0.2) is 9.78 Å². The van der Waals surface area contributed by atoms with Crippen LogP contribution in [0.3, 0.4) is 0 Å². The Morgan fingerprint density at radius 1 is 1.35 bits per heavy atom. The minimum atomic E-state index is -0.464. The van der Waals surface area contributed by atoms with E-state index < -0.39 is 5.41 Å². The van der Waals surface area contributed by atoms with Crippen molar-refractivity contribution in [1.82, 2.24) is 15.6 Å². The predicted molar refractivity (Wildman–Crippen MR) is 92.4 cm³/mol. The molecule has 3 N–H and O–H groups in total. The second-order valence-corrected chi connectivity index (χ2v) is 7.05. The maximum Gasteiger partial charge on any atom is 0.315 e. The molecule has 0 saturated heterocycles. The van der Waals surface area contributed by atoms with Crippen LogP contribution in [0, 0.1) is 5.41 Å². The summed E-state index contributed by atoms with van der Waals surface area (Å²) in [5, 5.41) is 18.4. The van der Waals surface area contributed by atoms with Gasteiger partial charge in [0.2, 0.25) is 0 Å². The van der Waals surface area contributed by atoms with Crippen LogP contribution in [-0.2, 0) is 6.42 Å². The van der Waals surface area contributed by atoms with Crippen LogP contribution < -0.4 is 10.6 Å². The number of amides is 2. The van der Waals surface area contributed by atoms with E-state index in [-0.39, 0.29) is 18.7 Å². The summed E-state index contributed by atoms with van der Waals surface area (Å²) in [4.78, 5) is 16.4. The van der Waals surface area contributed by atoms with Crippen LogP contribution in [0.4, 0.5) is 4.79 Å². The number of nitrogens with one attached hydrogen (secondary N) is 2. The van der Waals surface area contributed by atoms with Gasteiger partial charge < -0.3 is 15.7 Å². The number of aromatic nitrogens is 1. The average molecular weight is 333 g/mol. The third kappa shape index (κ3) is 5.04. The van der Waals surface area contributed by atoms with E-state index >= 15 is 0 Å². The molecule has 0 radical (unpaired) electrons. The summed E-state index contributed by atoms with van der Waals surface area (Å²) in [6.45, 7) is 4.37. The summed E-state index contributed by atoms with van der Waals surface area (Å²) < 4.78 is 0. The van der Waals surface area contributed by atoms with Crippen molar-refractivity contribution in [3.63, 3.8) is 0 Å². The highest BCUT2D eigenvalue weighted by Gasteiger charge is 2.31. The molecular weight excluding hydrogens is 310 g/mol. The Kier molecular flexibility index (Phi) is 6.12. The van der Waals surface area contributed by atoms with Gasteiger partial charge >= 0.3 is 6.03 Å². The summed E-state index contributed by atoms with van der Waals surface area (Å²) in [5.74, 6) is 0. The van der Waals surface area contributed by atoms with Crippen LogP contribution in [0.25, 0.3) is 0 Å². The number of urea groups is 1. The molecule has 2 aromatic rings. The number of hydrogen-bond acceptors (Lipinski definition) is 4. The normalized spacial score (nSPS) is 12.7. The molecule has 5 nitrogen and oxygen atoms in total. The van der Waals surface area contributed by atoms with E-state index in [1.54, 1.807) is 17.5 Å². The number of nitrogens with zero attached hydrogens (tertiary/aromatic N) is 1. The molecule has 2 amide bonds. The average Bonchev–Trinajstić information content (AvgIpc) is 3.06. The number of aliphatic hydroxyl groups is 1. The van der Waals surface area contributed by atoms with E-state index in [2.05, 4.69) is 15.6 Å². The summed E-state index contributed by atoms with van der Waals surface area (Å²) in [5.41, 5.74) is 0.509. The lowest BCUT2D eigenvalue weighted by molar-refractivity contribution is 0.118. The van der Waals surface area contributed by atoms with E-state index in [9.17, 15) is 9.90 Å². The molecule has 0 aliphatic rings. The number of thiazole rings is 1. The van der Waals surface area contributed by atoms with Gasteiger partial charge in [-0.05, 0) is 5.56 Å². The van der Waals surface area contributed by atoms with Gasteiger partial charge in [-0.15, -0.1) is 11.3 Å². The van der Waals surface area contributed by atoms with Gasteiger partial charge in [0.1, 0.15) is 0 Å². The van der Waals surface area contributed by atoms with Gasteiger partial charge in [-0.3, -0.25) is 0 Å². The fraction of sp³-hybridized carbons (Fsp3) is 0.412. The molecule has 2 rings (SSSR count). The monoisotopic (exact) mass is 333 g/mol. The molecule has 1 aromatic carbocycles. The van der Waals surface area contributed by atoms with E-state index in [4.69, 9.17) is 0 Å². The molecule has 1 aromatic heterocycles. The quantitative estimate of drug-likeness (QED) is 0.729. The maximum absolute atomic E-state index is 12.2. The molecule has 0 aliphatic carbocycles. The Bertz CT molecular complexity index is 600. The largest absolute Gasteiger partial charge is 0.396 e. The predicted octanol–water partition coefficient (Wildman–Crippen LogP) is 2.74. The van der Waals surface area contributed by atoms with Crippen molar-refractivity contribution in [1.29, 1.82) is 0 Å². The second kappa shape index (κ2) is 8.08. The SMILES string of the molecule is CC(C)(CO)C(NC(=O)NCCc1nccs1)c1ccccc1. The number of carbonyl (C=O) groups is 1. The van der Waals surface area contributed by atoms with Crippen LogP contribution in [-0.4, -0.2) is 29.3 Å². The summed E-state index contributed by atoms with van der Waals surface area (Å²) in [7, 11) is 0. The minimum Gasteiger partial charge on any atom is -0.396 e. The van der Waals surface area contributed by atoms with Crippen molar-refractivity contribution >= 4 is 17.4 Å². The highest BCUT2D eigenvalue weighted by atomic mass is 32.1. The zero-order chi connectivity index (χ0) is 16.7. The Morgan fingerprint density at radius 3 is 2.70 bits per heavy atom. The molecule has 23 heavy (non-hydrogen) atoms. The zero-order valence-electron chi connectivity index (χ0n) is 13.5. The first-order chi connectivity index (χ1) is 11.0. The highest BCUT2D eigenvalue weighted by Crippen LogP contribution is 2.32. The van der Waals surface area contributed by atoms with E-state index in [1.165, 1.54) is 0 Å². The summed E-state index contributed by atoms with van der Waals surface area (Å²) >= 11 is 1.58. The minimum absolute atomic E-state index is 0.0219. The lowest BCUT2D eigenvalue weighted by atomic mass is 9.81. The summed E-state index contributed by atoms with van der Waals surface area (Å²) in [6, 6.07) is 9.19. The van der Waals surface area contributed by atoms with Crippen LogP contribution >= 0.6 is 11.3 Å². The molecule has 0 fully saturated rings. The number of aliphatic hydroxyl groups excluding tert-OH is 1. The molecule has 0 aliphatic heterocycles. The van der Waals surface area contributed by atoms with Crippen LogP contribution in [0.2, 0.25) is 0 Å². The lowest BCUT2D eigenvalue weighted by Crippen LogP contribution is -2.45. The molecule has 1 atom stereocenters. The molecule has 1 heterocycles. The first-order valence-electron chi connectivity index (χ1n) is 7.61. The maximum atomic E-state index is 12.2. The highest BCUT2D eigenvalue weighted by molar-refractivity contribution is 7.09. The number of carbonyl (C=O) groups excluding carboxylic acids is 1. The molecule has 0 saturated carbocycles. The topological polar surface area (TPSA) is 74.2 Å². The molecule has 0 spiro atoms. The Hall–Kier alpha value is -1.92. The third-order valence-corrected chi connectivity index (χ3v) is 4.54. The van der Waals surface area contributed by atoms with Crippen molar-refractivity contribution in [3.05, 3.63) is 52.5 Å². The van der Waals surface area contributed by atoms with Crippen LogP contribution in [0.1, 0.15) is 30.5 Å². The second-order valence-electron chi connectivity index (χ2n) is 6.07. The zero-order valence-corrected chi connectivity index (χ0v) is 14.3. The van der Waals surface area contributed by atoms with Crippen LogP contribution in [0.5, 0.6) is 0 Å². The van der Waals surface area contributed by atoms with Gasteiger partial charge in [0.05, 0.1) is 17.7 Å². The third-order valence-electron chi connectivity index (χ3n) is 3.71. The first kappa shape index (κ1) is 17.4. The fourth-order valence-electron chi connectivity index (χ4n) is 2.31. The van der Waals surface area contributed by atoms with Gasteiger partial charge in [-0.2, -0.15) is 0 Å². The lowest BCUT2D eigenvalue weighted by Gasteiger charge is -2.33. The van der Waals surface area contributed by atoms with E-state index in [0.717, 1.165) is 10.6 Å². The molecular formula is C17H23N3O2S. The smallest absolute Gasteiger partial charge is 0.315 e. The molecule has 6 heteroatoms. The Labute approximate surface area is 140 Å². The Morgan fingerprint density at radius 2 is 2.09 bits per heavy atom. The fourth-order valence-corrected chi connectivity index (χ4v) is 2.93. The molecule has 1 unspecified atom stereocenters. The number of hydrogen-bond donors (Lipinski definition) is 3. The number of benzene rings is 1. The van der Waals surface area contributed by atoms with Crippen molar-refractivity contribution in [2.24, 2.45) is 5.41 Å². The summed E-state index contributed by atoms with van der Waals surface area (Å²) in [6.07, 6.45) is 2.47. The van der Waals surface area contributed by atoms with Crippen molar-refractivity contribution < 1.29 is 9.90 Å². The van der Waals surface area contributed by atoms with Crippen molar-refractivity contribution in [2.45, 2.75) is 26.3 Å². The molecule has 124 valence electrons. The van der Waals surface area contributed by atoms with Gasteiger partial charge in [0.25, 0.3) is 0 Å². The van der Waals surface area contributed by atoms with Crippen molar-refractivity contribution in [2.75, 3.05) is 13.2 Å². The molecule has 0 bridgehead atoms. The van der Waals surface area contributed by atoms with E-state index in [1.807, 2.05) is 49.6 Å². The van der Waals surface area contributed by atoms with Gasteiger partial charge in [-0.1, -0.05) is 44.2 Å². The standard InChI is InChI=1S/C17H23N3O2S/c1-17(2,12-21)15(13-6-4-3-5-7-13)20-16(22)19-9-8-14-18-10-11-23-14/h3-7,10-11,15,21H,8-9,12H2,1-2H3,(H2,19,20,22). The Balaban J connectivity index is 1.96. The van der Waals surface area contributed by atoms with Gasteiger partial charge in [0.15, 0.2) is 0 Å². The first-order valence-corrected chi connectivity index (χ1v) is 8.49. The van der Waals surface area contributed by atoms with E-state index in [0.29, 0.717) is 13.0 Å². The van der Waals surface area contributed by atoms with Gasteiger partial charge in [0, 0.05) is 30.0 Å². The van der Waals surface area contributed by atoms with Crippen molar-refractivity contribution in [3.8, 4) is 0 Å². The van der Waals surface area contributed by atoms with Crippen LogP contribution in [0.15, 0.2) is 41.9 Å².